The Morgan fingerprint density at radius 3 is 2.16 bits per heavy atom. The molecule has 1 aliphatic heterocycles. The van der Waals surface area contributed by atoms with Gasteiger partial charge in [-0.3, -0.25) is 28.8 Å². The average molecular weight is 713 g/mol. The lowest BCUT2D eigenvalue weighted by Gasteiger charge is -2.37. The Bertz CT molecular complexity index is 1470. The van der Waals surface area contributed by atoms with Gasteiger partial charge < -0.3 is 35.8 Å². The van der Waals surface area contributed by atoms with Crippen molar-refractivity contribution in [3.8, 4) is 0 Å². The standard InChI is InChI=1S/C37H56N6O8/c1-11-15-24(29(45)32(47)38-18-25(44)40-27(33(48)42(9)10)22-16-13-12-14-17-22)39-31(46)28-26-23(37(26,7)8)19-43(28)34(49)30(36(4,5)6)41-35(50)51-20-21(2)3/h12-14,16-17,21,23-24,26-28,30H,11,15,18-20H2,1-10H3,(H,38,47)(H,39,46)(H,40,44)(H,41,50)/t23-,24?,26-,27+,28?,30-/m1/s1. The van der Waals surface area contributed by atoms with Crippen LogP contribution in [-0.2, 0) is 33.5 Å². The number of likely N-dealkylation sites (tertiary alicyclic amines) is 1. The quantitative estimate of drug-likeness (QED) is 0.200. The van der Waals surface area contributed by atoms with Crippen molar-refractivity contribution in [2.75, 3.05) is 33.8 Å². The maximum absolute atomic E-state index is 14.1. The van der Waals surface area contributed by atoms with Gasteiger partial charge in [0.1, 0.15) is 18.1 Å². The van der Waals surface area contributed by atoms with Crippen LogP contribution in [0.4, 0.5) is 4.79 Å². The van der Waals surface area contributed by atoms with Crippen molar-refractivity contribution in [1.29, 1.82) is 0 Å². The first kappa shape index (κ1) is 40.9. The van der Waals surface area contributed by atoms with E-state index >= 15 is 0 Å². The predicted octanol–water partition coefficient (Wildman–Crippen LogP) is 2.18. The van der Waals surface area contributed by atoms with Crippen LogP contribution in [0.5, 0.6) is 0 Å². The van der Waals surface area contributed by atoms with E-state index in [9.17, 15) is 33.6 Å². The molecule has 1 aromatic carbocycles. The molecule has 2 fully saturated rings. The van der Waals surface area contributed by atoms with Gasteiger partial charge in [-0.15, -0.1) is 0 Å². The first-order chi connectivity index (χ1) is 23.7. The van der Waals surface area contributed by atoms with Gasteiger partial charge in [0.15, 0.2) is 0 Å². The minimum Gasteiger partial charge on any atom is -0.449 e. The Morgan fingerprint density at radius 2 is 1.61 bits per heavy atom. The van der Waals surface area contributed by atoms with Gasteiger partial charge in [0.25, 0.3) is 5.91 Å². The topological polar surface area (TPSA) is 183 Å². The minimum absolute atomic E-state index is 0.0342. The number of carbonyl (C=O) groups excluding carboxylic acids is 7. The lowest BCUT2D eigenvalue weighted by molar-refractivity contribution is -0.145. The van der Waals surface area contributed by atoms with Crippen LogP contribution in [0.1, 0.15) is 79.8 Å². The summed E-state index contributed by atoms with van der Waals surface area (Å²) < 4.78 is 5.28. The highest BCUT2D eigenvalue weighted by Gasteiger charge is 2.70. The van der Waals surface area contributed by atoms with Crippen molar-refractivity contribution in [2.24, 2.45) is 28.6 Å². The van der Waals surface area contributed by atoms with Crippen LogP contribution in [0.3, 0.4) is 0 Å². The van der Waals surface area contributed by atoms with E-state index in [0.29, 0.717) is 18.5 Å². The Balaban J connectivity index is 1.72. The average Bonchev–Trinajstić information content (AvgIpc) is 3.37. The predicted molar refractivity (Wildman–Crippen MR) is 190 cm³/mol. The van der Waals surface area contributed by atoms with Crippen molar-refractivity contribution in [1.82, 2.24) is 31.1 Å². The molecule has 1 aliphatic carbocycles. The third-order valence-electron chi connectivity index (χ3n) is 9.65. The highest BCUT2D eigenvalue weighted by molar-refractivity contribution is 6.38. The zero-order valence-electron chi connectivity index (χ0n) is 31.6. The van der Waals surface area contributed by atoms with Gasteiger partial charge in [-0.2, -0.15) is 0 Å². The maximum Gasteiger partial charge on any atom is 0.407 e. The van der Waals surface area contributed by atoms with Crippen LogP contribution < -0.4 is 21.3 Å². The molecule has 14 heteroatoms. The second kappa shape index (κ2) is 16.7. The van der Waals surface area contributed by atoms with E-state index in [1.54, 1.807) is 51.4 Å². The summed E-state index contributed by atoms with van der Waals surface area (Å²) in [5.41, 5.74) is -0.405. The molecule has 2 aliphatic rings. The Hall–Kier alpha value is -4.49. The Labute approximate surface area is 301 Å². The zero-order valence-corrected chi connectivity index (χ0v) is 31.6. The lowest BCUT2D eigenvalue weighted by atomic mass is 9.85. The molecule has 3 rings (SSSR count). The molecule has 282 valence electrons. The van der Waals surface area contributed by atoms with Gasteiger partial charge in [-0.25, -0.2) is 4.79 Å². The highest BCUT2D eigenvalue weighted by Crippen LogP contribution is 2.65. The molecule has 6 atom stereocenters. The number of hydrogen-bond donors (Lipinski definition) is 4. The molecule has 1 heterocycles. The third kappa shape index (κ3) is 10.1. The van der Waals surface area contributed by atoms with E-state index in [2.05, 4.69) is 21.3 Å². The summed E-state index contributed by atoms with van der Waals surface area (Å²) in [5, 5.41) is 10.4. The van der Waals surface area contributed by atoms with E-state index in [-0.39, 0.29) is 42.1 Å². The number of piperidine rings is 1. The smallest absolute Gasteiger partial charge is 0.407 e. The minimum atomic E-state index is -1.21. The van der Waals surface area contributed by atoms with Crippen molar-refractivity contribution >= 4 is 41.4 Å². The van der Waals surface area contributed by atoms with E-state index in [0.717, 1.165) is 0 Å². The van der Waals surface area contributed by atoms with Crippen LogP contribution in [-0.4, -0.2) is 103 Å². The van der Waals surface area contributed by atoms with Crippen LogP contribution >= 0.6 is 0 Å². The number of rotatable bonds is 15. The fraction of sp³-hybridized carbons (Fsp3) is 0.649. The summed E-state index contributed by atoms with van der Waals surface area (Å²) in [6, 6.07) is 4.49. The molecule has 14 nitrogen and oxygen atoms in total. The van der Waals surface area contributed by atoms with Crippen molar-refractivity contribution < 1.29 is 38.3 Å². The van der Waals surface area contributed by atoms with Gasteiger partial charge in [-0.05, 0) is 40.6 Å². The summed E-state index contributed by atoms with van der Waals surface area (Å²) >= 11 is 0. The van der Waals surface area contributed by atoms with E-state index in [1.165, 1.54) is 9.80 Å². The lowest BCUT2D eigenvalue weighted by Crippen LogP contribution is -2.60. The Kier molecular flexibility index (Phi) is 13.4. The third-order valence-corrected chi connectivity index (χ3v) is 9.65. The molecule has 0 spiro atoms. The zero-order chi connectivity index (χ0) is 38.4. The van der Waals surface area contributed by atoms with E-state index in [1.807, 2.05) is 48.5 Å². The van der Waals surface area contributed by atoms with Crippen molar-refractivity contribution in [3.05, 3.63) is 35.9 Å². The number of alkyl carbamates (subject to hydrolysis) is 1. The summed E-state index contributed by atoms with van der Waals surface area (Å²) in [7, 11) is 3.12. The molecule has 0 radical (unpaired) electrons. The number of nitrogens with one attached hydrogen (secondary N) is 4. The fourth-order valence-corrected chi connectivity index (χ4v) is 6.65. The number of benzene rings is 1. The first-order valence-corrected chi connectivity index (χ1v) is 17.6. The summed E-state index contributed by atoms with van der Waals surface area (Å²) in [6.45, 7) is 15.0. The fourth-order valence-electron chi connectivity index (χ4n) is 6.65. The first-order valence-electron chi connectivity index (χ1n) is 17.6. The molecule has 1 aromatic rings. The molecule has 2 unspecified atom stereocenters. The molecule has 51 heavy (non-hydrogen) atoms. The highest BCUT2D eigenvalue weighted by atomic mass is 16.5. The summed E-state index contributed by atoms with van der Waals surface area (Å²) in [6.07, 6.45) is -0.130. The molecule has 1 saturated heterocycles. The Morgan fingerprint density at radius 1 is 0.980 bits per heavy atom. The SMILES string of the molecule is CCCC(NC(=O)C1[C@H]2[C@@H](CN1C(=O)[C@@H](NC(=O)OCC(C)C)C(C)(C)C)C2(C)C)C(=O)C(=O)NCC(=O)N[C@H](C(=O)N(C)C)c1ccccc1. The summed E-state index contributed by atoms with van der Waals surface area (Å²) in [4.78, 5) is 95.6. The second-order valence-electron chi connectivity index (χ2n) is 15.9. The number of ether oxygens (including phenoxy) is 1. The number of nitrogens with zero attached hydrogens (tertiary/aromatic N) is 2. The van der Waals surface area contributed by atoms with Crippen molar-refractivity contribution in [2.45, 2.75) is 92.4 Å². The van der Waals surface area contributed by atoms with E-state index < -0.39 is 71.6 Å². The number of carbonyl (C=O) groups is 7. The summed E-state index contributed by atoms with van der Waals surface area (Å²) in [5.74, 6) is -4.12. The molecule has 1 saturated carbocycles. The molecule has 0 aromatic heterocycles. The van der Waals surface area contributed by atoms with Gasteiger partial charge >= 0.3 is 6.09 Å². The van der Waals surface area contributed by atoms with Gasteiger partial charge in [-0.1, -0.05) is 92.1 Å². The largest absolute Gasteiger partial charge is 0.449 e. The second-order valence-corrected chi connectivity index (χ2v) is 15.9. The van der Waals surface area contributed by atoms with Crippen LogP contribution in [0.25, 0.3) is 0 Å². The molecule has 0 bridgehead atoms. The number of fused-ring (bicyclic) bond motifs is 1. The van der Waals surface area contributed by atoms with Gasteiger partial charge in [0.05, 0.1) is 19.2 Å². The molecular weight excluding hydrogens is 656 g/mol. The number of amides is 6. The van der Waals surface area contributed by atoms with Crippen LogP contribution in [0, 0.1) is 28.6 Å². The van der Waals surface area contributed by atoms with Crippen LogP contribution in [0.2, 0.25) is 0 Å². The molecule has 6 amide bonds. The number of Topliss-reactive ketones (excluding diaryl/α,β-unsaturated/α-hetero) is 1. The molecule has 4 N–H and O–H groups in total. The van der Waals surface area contributed by atoms with Gasteiger partial charge in [0, 0.05) is 20.6 Å². The van der Waals surface area contributed by atoms with Gasteiger partial charge in [0.2, 0.25) is 29.4 Å². The van der Waals surface area contributed by atoms with E-state index in [4.69, 9.17) is 4.74 Å². The number of likely N-dealkylation sites (N-methyl/N-ethyl adjacent to an activating group) is 1. The number of hydrogen-bond acceptors (Lipinski definition) is 8. The normalized spacial score (nSPS) is 20.6. The molecular formula is C37H56N6O8. The van der Waals surface area contributed by atoms with Crippen LogP contribution in [0.15, 0.2) is 30.3 Å². The monoisotopic (exact) mass is 712 g/mol. The maximum atomic E-state index is 14.1. The van der Waals surface area contributed by atoms with Crippen molar-refractivity contribution in [3.63, 3.8) is 0 Å². The number of ketones is 1.